The van der Waals surface area contributed by atoms with Crippen LogP contribution in [0.1, 0.15) is 19.3 Å². The normalized spacial score (nSPS) is 40.0. The van der Waals surface area contributed by atoms with E-state index in [-0.39, 0.29) is 0 Å². The molecule has 2 bridgehead atoms. The summed E-state index contributed by atoms with van der Waals surface area (Å²) in [5, 5.41) is 4.87. The zero-order valence-corrected chi connectivity index (χ0v) is 9.93. The second kappa shape index (κ2) is 4.34. The van der Waals surface area contributed by atoms with E-state index in [0.717, 1.165) is 12.5 Å². The van der Waals surface area contributed by atoms with Crippen molar-refractivity contribution >= 4 is 16.9 Å². The molecule has 0 aromatic rings. The van der Waals surface area contributed by atoms with Crippen LogP contribution in [0.25, 0.3) is 0 Å². The first-order valence-corrected chi connectivity index (χ1v) is 7.06. The van der Waals surface area contributed by atoms with Crippen LogP contribution in [-0.2, 0) is 0 Å². The monoisotopic (exact) mass is 225 g/mol. The van der Waals surface area contributed by atoms with E-state index in [1.165, 1.54) is 49.8 Å². The molecule has 1 unspecified atom stereocenters. The summed E-state index contributed by atoms with van der Waals surface area (Å²) in [5.74, 6) is 2.15. The average molecular weight is 225 g/mol. The molecule has 0 aromatic carbocycles. The van der Waals surface area contributed by atoms with Gasteiger partial charge in [0.05, 0.1) is 0 Å². The van der Waals surface area contributed by atoms with Crippen molar-refractivity contribution in [2.45, 2.75) is 25.3 Å². The van der Waals surface area contributed by atoms with E-state index >= 15 is 0 Å². The summed E-state index contributed by atoms with van der Waals surface area (Å²) in [6.45, 7) is 4.91. The standard InChI is InChI=1S/C11H19N3S/c1-4-12-11(15-7-1)13-10-8-14-5-2-9(10)3-6-14/h9-10H,1-8H2,(H,12,13). The Kier molecular flexibility index (Phi) is 2.88. The Balaban J connectivity index is 1.61. The molecule has 4 heteroatoms. The summed E-state index contributed by atoms with van der Waals surface area (Å²) in [7, 11) is 0. The number of aliphatic imine (C=N–C) groups is 1. The second-order valence-electron chi connectivity index (χ2n) is 4.78. The molecule has 0 aliphatic carbocycles. The number of nitrogens with zero attached hydrogens (tertiary/aromatic N) is 2. The minimum atomic E-state index is 0.678. The van der Waals surface area contributed by atoms with Gasteiger partial charge in [-0.2, -0.15) is 0 Å². The highest BCUT2D eigenvalue weighted by Gasteiger charge is 2.34. The molecule has 84 valence electrons. The van der Waals surface area contributed by atoms with Crippen molar-refractivity contribution in [2.24, 2.45) is 10.9 Å². The van der Waals surface area contributed by atoms with Crippen molar-refractivity contribution in [1.29, 1.82) is 0 Å². The highest BCUT2D eigenvalue weighted by Crippen LogP contribution is 2.28. The molecule has 3 saturated heterocycles. The minimum Gasteiger partial charge on any atom is -0.361 e. The largest absolute Gasteiger partial charge is 0.361 e. The number of thioether (sulfide) groups is 1. The van der Waals surface area contributed by atoms with Gasteiger partial charge in [0.1, 0.15) is 0 Å². The van der Waals surface area contributed by atoms with E-state index in [0.29, 0.717) is 6.04 Å². The van der Waals surface area contributed by atoms with Crippen molar-refractivity contribution in [1.82, 2.24) is 10.2 Å². The Morgan fingerprint density at radius 3 is 2.80 bits per heavy atom. The number of rotatable bonds is 1. The topological polar surface area (TPSA) is 27.6 Å². The summed E-state index contributed by atoms with van der Waals surface area (Å²) in [6.07, 6.45) is 4.02. The van der Waals surface area contributed by atoms with Crippen LogP contribution in [0.2, 0.25) is 0 Å². The zero-order chi connectivity index (χ0) is 10.1. The van der Waals surface area contributed by atoms with Gasteiger partial charge in [-0.25, -0.2) is 0 Å². The van der Waals surface area contributed by atoms with Crippen LogP contribution in [0.15, 0.2) is 4.99 Å². The van der Waals surface area contributed by atoms with Crippen molar-refractivity contribution in [3.63, 3.8) is 0 Å². The van der Waals surface area contributed by atoms with Gasteiger partial charge in [-0.15, -0.1) is 0 Å². The third-order valence-corrected chi connectivity index (χ3v) is 4.77. The smallest absolute Gasteiger partial charge is 0.156 e. The lowest BCUT2D eigenvalue weighted by molar-refractivity contribution is 0.0816. The van der Waals surface area contributed by atoms with Crippen LogP contribution < -0.4 is 5.32 Å². The number of hydrogen-bond donors (Lipinski definition) is 1. The predicted molar refractivity (Wildman–Crippen MR) is 65.5 cm³/mol. The van der Waals surface area contributed by atoms with E-state index in [9.17, 15) is 0 Å². The second-order valence-corrected chi connectivity index (χ2v) is 5.86. The fraction of sp³-hybridized carbons (Fsp3) is 0.909. The molecule has 0 radical (unpaired) electrons. The molecular weight excluding hydrogens is 206 g/mol. The first-order chi connectivity index (χ1) is 7.42. The molecule has 4 heterocycles. The van der Waals surface area contributed by atoms with E-state index in [1.54, 1.807) is 0 Å². The fourth-order valence-electron chi connectivity index (χ4n) is 2.83. The summed E-state index contributed by atoms with van der Waals surface area (Å²) in [6, 6.07) is 0.678. The van der Waals surface area contributed by atoms with E-state index < -0.39 is 0 Å². The summed E-state index contributed by atoms with van der Waals surface area (Å²) < 4.78 is 0. The molecule has 0 aromatic heterocycles. The minimum absolute atomic E-state index is 0.678. The summed E-state index contributed by atoms with van der Waals surface area (Å²) >= 11 is 1.90. The number of piperidine rings is 3. The van der Waals surface area contributed by atoms with Crippen LogP contribution in [0.3, 0.4) is 0 Å². The quantitative estimate of drug-likeness (QED) is 0.726. The van der Waals surface area contributed by atoms with Crippen LogP contribution in [0, 0.1) is 5.92 Å². The summed E-state index contributed by atoms with van der Waals surface area (Å²) in [5.41, 5.74) is 0. The SMILES string of the molecule is C1CN=C(NC2CN3CCC2CC3)SC1. The van der Waals surface area contributed by atoms with E-state index in [2.05, 4.69) is 15.2 Å². The molecule has 1 N–H and O–H groups in total. The lowest BCUT2D eigenvalue weighted by atomic mass is 9.84. The van der Waals surface area contributed by atoms with Crippen LogP contribution in [-0.4, -0.2) is 48.0 Å². The van der Waals surface area contributed by atoms with Gasteiger partial charge in [0.2, 0.25) is 0 Å². The zero-order valence-electron chi connectivity index (χ0n) is 9.11. The molecule has 0 amide bonds. The number of nitrogens with one attached hydrogen (secondary N) is 1. The Labute approximate surface area is 95.7 Å². The van der Waals surface area contributed by atoms with E-state index in [1.807, 2.05) is 11.8 Å². The van der Waals surface area contributed by atoms with Crippen molar-refractivity contribution < 1.29 is 0 Å². The lowest BCUT2D eigenvalue weighted by Crippen LogP contribution is -2.57. The van der Waals surface area contributed by atoms with Gasteiger partial charge in [0.15, 0.2) is 5.17 Å². The molecule has 1 atom stereocenters. The Hall–Kier alpha value is -0.220. The van der Waals surface area contributed by atoms with Gasteiger partial charge in [0.25, 0.3) is 0 Å². The highest BCUT2D eigenvalue weighted by atomic mass is 32.2. The maximum atomic E-state index is 4.56. The van der Waals surface area contributed by atoms with Gasteiger partial charge < -0.3 is 10.2 Å². The van der Waals surface area contributed by atoms with Crippen LogP contribution in [0.4, 0.5) is 0 Å². The Morgan fingerprint density at radius 1 is 1.33 bits per heavy atom. The Morgan fingerprint density at radius 2 is 2.20 bits per heavy atom. The highest BCUT2D eigenvalue weighted by molar-refractivity contribution is 8.13. The molecule has 4 rings (SSSR count). The average Bonchev–Trinajstić information content (AvgIpc) is 2.32. The number of hydrogen-bond acceptors (Lipinski definition) is 4. The number of fused-ring (bicyclic) bond motifs is 3. The van der Waals surface area contributed by atoms with E-state index in [4.69, 9.17) is 0 Å². The van der Waals surface area contributed by atoms with Gasteiger partial charge >= 0.3 is 0 Å². The van der Waals surface area contributed by atoms with Crippen molar-refractivity contribution in [3.8, 4) is 0 Å². The van der Waals surface area contributed by atoms with Crippen molar-refractivity contribution in [3.05, 3.63) is 0 Å². The molecule has 3 fully saturated rings. The molecule has 15 heavy (non-hydrogen) atoms. The van der Waals surface area contributed by atoms with Gasteiger partial charge in [-0.05, 0) is 38.3 Å². The molecular formula is C11H19N3S. The first-order valence-electron chi connectivity index (χ1n) is 6.08. The third kappa shape index (κ3) is 2.16. The predicted octanol–water partition coefficient (Wildman–Crippen LogP) is 1.16. The maximum Gasteiger partial charge on any atom is 0.156 e. The molecule has 0 saturated carbocycles. The molecule has 4 aliphatic heterocycles. The lowest BCUT2D eigenvalue weighted by Gasteiger charge is -2.45. The third-order valence-electron chi connectivity index (χ3n) is 3.76. The maximum absolute atomic E-state index is 4.56. The summed E-state index contributed by atoms with van der Waals surface area (Å²) in [4.78, 5) is 7.15. The van der Waals surface area contributed by atoms with Crippen LogP contribution in [0.5, 0.6) is 0 Å². The fourth-order valence-corrected chi connectivity index (χ4v) is 3.72. The molecule has 0 spiro atoms. The molecule has 4 aliphatic rings. The number of amidine groups is 1. The van der Waals surface area contributed by atoms with Gasteiger partial charge in [0, 0.05) is 24.9 Å². The Bertz CT molecular complexity index is 259. The van der Waals surface area contributed by atoms with Gasteiger partial charge in [-0.3, -0.25) is 4.99 Å². The van der Waals surface area contributed by atoms with Gasteiger partial charge in [-0.1, -0.05) is 11.8 Å². The first kappa shape index (κ1) is 9.97. The van der Waals surface area contributed by atoms with Crippen LogP contribution >= 0.6 is 11.8 Å². The molecule has 3 nitrogen and oxygen atoms in total. The van der Waals surface area contributed by atoms with Crippen molar-refractivity contribution in [2.75, 3.05) is 31.9 Å².